The number of para-hydroxylation sites is 2. The molecule has 0 aliphatic carbocycles. The number of aromatic nitrogens is 2. The Morgan fingerprint density at radius 2 is 2.00 bits per heavy atom. The second-order valence-corrected chi connectivity index (χ2v) is 5.00. The smallest absolute Gasteiger partial charge is 0.223 e. The molecule has 0 saturated heterocycles. The maximum absolute atomic E-state index is 8.12. The van der Waals surface area contributed by atoms with Crippen LogP contribution in [0.4, 0.5) is 0 Å². The fourth-order valence-corrected chi connectivity index (χ4v) is 2.49. The third-order valence-corrected chi connectivity index (χ3v) is 3.62. The summed E-state index contributed by atoms with van der Waals surface area (Å²) in [6.07, 6.45) is 0. The topological polar surface area (TPSA) is 74.9 Å². The molecule has 108 valence electrons. The molecule has 0 aliphatic heterocycles. The van der Waals surface area contributed by atoms with Crippen LogP contribution in [0.1, 0.15) is 0 Å². The van der Waals surface area contributed by atoms with Gasteiger partial charge in [-0.3, -0.25) is 5.41 Å². The molecule has 5 nitrogen and oxygen atoms in total. The first-order valence-electron chi connectivity index (χ1n) is 6.86. The molecular weight excluding hydrogens is 278 g/mol. The van der Waals surface area contributed by atoms with Crippen LogP contribution in [0.25, 0.3) is 33.4 Å². The number of nitrogens with one attached hydrogen (secondary N) is 2. The van der Waals surface area contributed by atoms with Gasteiger partial charge in [-0.15, -0.1) is 0 Å². The van der Waals surface area contributed by atoms with E-state index in [2.05, 4.69) is 9.97 Å². The van der Waals surface area contributed by atoms with Crippen molar-refractivity contribution in [2.45, 2.75) is 0 Å². The zero-order valence-corrected chi connectivity index (χ0v) is 11.9. The standard InChI is InChI=1S/C17H13N3O2/c1-21-11-7-6-10-8-12(16(18)22-15(10)9-11)17-19-13-4-2-3-5-14(13)20-17/h2-9,18H,1H3,(H,19,20). The number of fused-ring (bicyclic) bond motifs is 2. The van der Waals surface area contributed by atoms with Gasteiger partial charge in [-0.2, -0.15) is 0 Å². The molecule has 5 heteroatoms. The van der Waals surface area contributed by atoms with Crippen LogP contribution >= 0.6 is 0 Å². The molecule has 0 radical (unpaired) electrons. The van der Waals surface area contributed by atoms with E-state index in [0.29, 0.717) is 22.7 Å². The number of nitrogens with zero attached hydrogens (tertiary/aromatic N) is 1. The van der Waals surface area contributed by atoms with Crippen molar-refractivity contribution in [1.29, 1.82) is 5.41 Å². The van der Waals surface area contributed by atoms with Gasteiger partial charge >= 0.3 is 0 Å². The Morgan fingerprint density at radius 3 is 2.82 bits per heavy atom. The highest BCUT2D eigenvalue weighted by molar-refractivity contribution is 5.84. The predicted molar refractivity (Wildman–Crippen MR) is 83.7 cm³/mol. The molecule has 0 aliphatic rings. The van der Waals surface area contributed by atoms with Gasteiger partial charge in [-0.1, -0.05) is 12.1 Å². The molecule has 22 heavy (non-hydrogen) atoms. The molecule has 0 saturated carbocycles. The van der Waals surface area contributed by atoms with Crippen LogP contribution in [0, 0.1) is 5.41 Å². The summed E-state index contributed by atoms with van der Waals surface area (Å²) in [5.74, 6) is 1.33. The molecule has 4 aromatic rings. The zero-order chi connectivity index (χ0) is 15.1. The predicted octanol–water partition coefficient (Wildman–Crippen LogP) is 3.46. The largest absolute Gasteiger partial charge is 0.497 e. The van der Waals surface area contributed by atoms with Crippen molar-refractivity contribution in [3.8, 4) is 17.1 Å². The first-order chi connectivity index (χ1) is 10.7. The Morgan fingerprint density at radius 1 is 1.14 bits per heavy atom. The monoisotopic (exact) mass is 291 g/mol. The third-order valence-electron chi connectivity index (χ3n) is 3.62. The van der Waals surface area contributed by atoms with Gasteiger partial charge in [0.05, 0.1) is 23.7 Å². The van der Waals surface area contributed by atoms with Crippen molar-refractivity contribution < 1.29 is 9.15 Å². The minimum absolute atomic E-state index is 0.0693. The Bertz CT molecular complexity index is 1010. The molecular formula is C17H13N3O2. The highest BCUT2D eigenvalue weighted by Gasteiger charge is 2.10. The van der Waals surface area contributed by atoms with E-state index in [0.717, 1.165) is 16.4 Å². The minimum Gasteiger partial charge on any atom is -0.497 e. The second kappa shape index (κ2) is 4.73. The van der Waals surface area contributed by atoms with Crippen LogP contribution in [0.5, 0.6) is 5.75 Å². The Kier molecular flexibility index (Phi) is 2.72. The number of hydrogen-bond donors (Lipinski definition) is 2. The molecule has 0 amide bonds. The second-order valence-electron chi connectivity index (χ2n) is 5.00. The van der Waals surface area contributed by atoms with Gasteiger partial charge in [-0.25, -0.2) is 4.98 Å². The lowest BCUT2D eigenvalue weighted by Crippen LogP contribution is -2.04. The van der Waals surface area contributed by atoms with E-state index in [1.165, 1.54) is 0 Å². The number of methoxy groups -OCH3 is 1. The van der Waals surface area contributed by atoms with E-state index in [1.807, 2.05) is 42.5 Å². The minimum atomic E-state index is 0.0693. The van der Waals surface area contributed by atoms with Crippen LogP contribution in [0.2, 0.25) is 0 Å². The van der Waals surface area contributed by atoms with Crippen molar-refractivity contribution in [3.63, 3.8) is 0 Å². The Labute approximate surface area is 125 Å². The number of aromatic amines is 1. The fourth-order valence-electron chi connectivity index (χ4n) is 2.49. The molecule has 2 aromatic carbocycles. The van der Waals surface area contributed by atoms with Gasteiger partial charge in [-0.05, 0) is 30.3 Å². The molecule has 0 unspecified atom stereocenters. The van der Waals surface area contributed by atoms with Crippen molar-refractivity contribution in [2.24, 2.45) is 0 Å². The highest BCUT2D eigenvalue weighted by Crippen LogP contribution is 2.24. The Hall–Kier alpha value is -3.08. The highest BCUT2D eigenvalue weighted by atomic mass is 16.5. The van der Waals surface area contributed by atoms with E-state index in [-0.39, 0.29) is 5.55 Å². The molecule has 0 bridgehead atoms. The number of imidazole rings is 1. The van der Waals surface area contributed by atoms with Crippen LogP contribution in [-0.4, -0.2) is 17.1 Å². The summed E-state index contributed by atoms with van der Waals surface area (Å²) >= 11 is 0. The van der Waals surface area contributed by atoms with Crippen molar-refractivity contribution in [2.75, 3.05) is 7.11 Å². The lowest BCUT2D eigenvalue weighted by atomic mass is 10.1. The summed E-state index contributed by atoms with van der Waals surface area (Å²) in [7, 11) is 1.60. The number of hydrogen-bond acceptors (Lipinski definition) is 4. The molecule has 2 N–H and O–H groups in total. The van der Waals surface area contributed by atoms with E-state index < -0.39 is 0 Å². The number of ether oxygens (including phenoxy) is 1. The summed E-state index contributed by atoms with van der Waals surface area (Å²) in [6, 6.07) is 15.2. The van der Waals surface area contributed by atoms with Crippen LogP contribution in [0.15, 0.2) is 52.9 Å². The van der Waals surface area contributed by atoms with Crippen LogP contribution in [0.3, 0.4) is 0 Å². The lowest BCUT2D eigenvalue weighted by Gasteiger charge is -2.03. The number of benzene rings is 2. The van der Waals surface area contributed by atoms with E-state index >= 15 is 0 Å². The SMILES string of the molecule is COc1ccc2cc(-c3nc4ccccc4[nH]3)c(=N)oc2c1. The molecule has 0 fully saturated rings. The molecule has 0 atom stereocenters. The van der Waals surface area contributed by atoms with Gasteiger partial charge in [0.15, 0.2) is 0 Å². The fraction of sp³-hybridized carbons (Fsp3) is 0.0588. The van der Waals surface area contributed by atoms with Gasteiger partial charge in [0.2, 0.25) is 5.55 Å². The summed E-state index contributed by atoms with van der Waals surface area (Å²) in [6.45, 7) is 0. The van der Waals surface area contributed by atoms with Crippen LogP contribution in [-0.2, 0) is 0 Å². The normalized spacial score (nSPS) is 11.1. The summed E-state index contributed by atoms with van der Waals surface area (Å²) in [5.41, 5.74) is 3.12. The average molecular weight is 291 g/mol. The van der Waals surface area contributed by atoms with E-state index in [9.17, 15) is 0 Å². The van der Waals surface area contributed by atoms with Crippen molar-refractivity contribution >= 4 is 22.0 Å². The lowest BCUT2D eigenvalue weighted by molar-refractivity contribution is 0.414. The zero-order valence-electron chi connectivity index (χ0n) is 11.9. The van der Waals surface area contributed by atoms with Gasteiger partial charge < -0.3 is 14.1 Å². The quantitative estimate of drug-likeness (QED) is 0.594. The maximum Gasteiger partial charge on any atom is 0.223 e. The third kappa shape index (κ3) is 1.95. The summed E-state index contributed by atoms with van der Waals surface area (Å²) in [5, 5.41) is 9.02. The Balaban J connectivity index is 1.94. The number of rotatable bonds is 2. The van der Waals surface area contributed by atoms with Gasteiger partial charge in [0, 0.05) is 11.5 Å². The van der Waals surface area contributed by atoms with Crippen LogP contribution < -0.4 is 10.3 Å². The van der Waals surface area contributed by atoms with Crippen molar-refractivity contribution in [3.05, 3.63) is 54.1 Å². The van der Waals surface area contributed by atoms with Gasteiger partial charge in [0.1, 0.15) is 17.2 Å². The van der Waals surface area contributed by atoms with E-state index in [4.69, 9.17) is 14.6 Å². The molecule has 0 spiro atoms. The first kappa shape index (κ1) is 12.6. The summed E-state index contributed by atoms with van der Waals surface area (Å²) < 4.78 is 10.8. The summed E-state index contributed by atoms with van der Waals surface area (Å²) in [4.78, 5) is 7.75. The maximum atomic E-state index is 8.12. The first-order valence-corrected chi connectivity index (χ1v) is 6.86. The average Bonchev–Trinajstić information content (AvgIpc) is 2.97. The van der Waals surface area contributed by atoms with E-state index in [1.54, 1.807) is 13.2 Å². The molecule has 4 rings (SSSR count). The van der Waals surface area contributed by atoms with Gasteiger partial charge in [0.25, 0.3) is 0 Å². The van der Waals surface area contributed by atoms with Crippen molar-refractivity contribution in [1.82, 2.24) is 9.97 Å². The molecule has 2 heterocycles. The number of H-pyrrole nitrogens is 1. The molecule has 2 aromatic heterocycles.